The van der Waals surface area contributed by atoms with Crippen LogP contribution in [0.5, 0.6) is 0 Å². The molecule has 1 aromatic heterocycles. The van der Waals surface area contributed by atoms with Crippen LogP contribution in [0, 0.1) is 5.92 Å². The molecule has 2 aliphatic rings. The van der Waals surface area contributed by atoms with Gasteiger partial charge in [0.1, 0.15) is 0 Å². The fraction of sp³-hybridized carbons (Fsp3) is 0.400. The molecule has 0 saturated carbocycles. The molecule has 3 heterocycles. The number of rotatable bonds is 3. The zero-order valence-electron chi connectivity index (χ0n) is 14.2. The van der Waals surface area contributed by atoms with Gasteiger partial charge in [-0.1, -0.05) is 36.4 Å². The average molecular weight is 353 g/mol. The van der Waals surface area contributed by atoms with Crippen LogP contribution in [0.4, 0.5) is 0 Å². The second-order valence-electron chi connectivity index (χ2n) is 7.07. The van der Waals surface area contributed by atoms with Crippen LogP contribution in [0.2, 0.25) is 0 Å². The summed E-state index contributed by atoms with van der Waals surface area (Å²) in [4.78, 5) is 14.4. The Labute approximate surface area is 153 Å². The molecule has 25 heavy (non-hydrogen) atoms. The van der Waals surface area contributed by atoms with Crippen LogP contribution in [-0.4, -0.2) is 34.2 Å². The Hall–Kier alpha value is -2.14. The van der Waals surface area contributed by atoms with Crippen molar-refractivity contribution in [1.82, 2.24) is 14.8 Å². The van der Waals surface area contributed by atoms with Crippen LogP contribution < -0.4 is 10.9 Å². The molecular weight excluding hydrogens is 330 g/mol. The maximum absolute atomic E-state index is 12.1. The highest BCUT2D eigenvalue weighted by molar-refractivity contribution is 7.80. The zero-order valence-corrected chi connectivity index (χ0v) is 15.0. The molecule has 130 valence electrons. The second kappa shape index (κ2) is 7.00. The van der Waals surface area contributed by atoms with Crippen LogP contribution in [0.3, 0.4) is 0 Å². The maximum Gasteiger partial charge on any atom is 0.250 e. The number of nitrogens with zero attached hydrogens (tertiary/aromatic N) is 2. The van der Waals surface area contributed by atoms with Gasteiger partial charge in [0.15, 0.2) is 5.11 Å². The van der Waals surface area contributed by atoms with Gasteiger partial charge in [0, 0.05) is 43.9 Å². The van der Waals surface area contributed by atoms with Crippen LogP contribution in [0.25, 0.3) is 0 Å². The van der Waals surface area contributed by atoms with Crippen molar-refractivity contribution in [3.63, 3.8) is 0 Å². The highest BCUT2D eigenvalue weighted by atomic mass is 32.1. The monoisotopic (exact) mass is 353 g/mol. The Morgan fingerprint density at radius 1 is 1.08 bits per heavy atom. The number of thiocarbonyl (C=S) groups is 1. The first kappa shape index (κ1) is 16.3. The van der Waals surface area contributed by atoms with Gasteiger partial charge in [-0.2, -0.15) is 0 Å². The van der Waals surface area contributed by atoms with E-state index in [9.17, 15) is 4.79 Å². The van der Waals surface area contributed by atoms with E-state index < -0.39 is 0 Å². The first-order valence-electron chi connectivity index (χ1n) is 8.97. The minimum absolute atomic E-state index is 0.129. The summed E-state index contributed by atoms with van der Waals surface area (Å²) in [6.45, 7) is 3.50. The second-order valence-corrected chi connectivity index (χ2v) is 7.46. The van der Waals surface area contributed by atoms with Gasteiger partial charge < -0.3 is 14.8 Å². The van der Waals surface area contributed by atoms with E-state index in [0.717, 1.165) is 44.1 Å². The number of piperidine rings is 1. The molecule has 1 aromatic carbocycles. The number of likely N-dealkylation sites (tertiary alicyclic amines) is 1. The van der Waals surface area contributed by atoms with Gasteiger partial charge in [0.25, 0.3) is 5.56 Å². The molecule has 0 radical (unpaired) electrons. The molecular formula is C20H23N3OS. The molecule has 4 rings (SSSR count). The van der Waals surface area contributed by atoms with Crippen LogP contribution in [-0.2, 0) is 13.0 Å². The molecule has 2 aliphatic heterocycles. The van der Waals surface area contributed by atoms with Gasteiger partial charge in [-0.15, -0.1) is 0 Å². The van der Waals surface area contributed by atoms with E-state index >= 15 is 0 Å². The van der Waals surface area contributed by atoms with Crippen molar-refractivity contribution in [3.05, 3.63) is 70.1 Å². The number of benzene rings is 1. The van der Waals surface area contributed by atoms with Gasteiger partial charge >= 0.3 is 0 Å². The minimum atomic E-state index is 0.129. The number of hydrogen-bond acceptors (Lipinski definition) is 2. The standard InChI is InChI=1S/C20H23N3OS/c24-19-8-4-7-18-17-11-16(13-23(18)19)12-22(14-17)20(25)21-10-9-15-5-2-1-3-6-15/h1-8,16-17H,9-14H2,(H,21,25)/t16-,17+/m1/s1. The molecule has 2 atom stereocenters. The number of aromatic nitrogens is 1. The highest BCUT2D eigenvalue weighted by Crippen LogP contribution is 2.34. The van der Waals surface area contributed by atoms with Gasteiger partial charge in [-0.25, -0.2) is 0 Å². The molecule has 0 amide bonds. The van der Waals surface area contributed by atoms with Gasteiger partial charge in [0.2, 0.25) is 0 Å². The number of fused-ring (bicyclic) bond motifs is 4. The molecule has 2 bridgehead atoms. The highest BCUT2D eigenvalue weighted by Gasteiger charge is 2.35. The summed E-state index contributed by atoms with van der Waals surface area (Å²) in [7, 11) is 0. The predicted molar refractivity (Wildman–Crippen MR) is 104 cm³/mol. The fourth-order valence-corrected chi connectivity index (χ4v) is 4.38. The summed E-state index contributed by atoms with van der Waals surface area (Å²) in [5.41, 5.74) is 2.62. The molecule has 0 spiro atoms. The quantitative estimate of drug-likeness (QED) is 0.860. The molecule has 5 heteroatoms. The molecule has 0 unspecified atom stereocenters. The van der Waals surface area contributed by atoms with Crippen molar-refractivity contribution >= 4 is 17.3 Å². The number of pyridine rings is 1. The lowest BCUT2D eigenvalue weighted by Gasteiger charge is -2.43. The van der Waals surface area contributed by atoms with Crippen LogP contribution >= 0.6 is 12.2 Å². The van der Waals surface area contributed by atoms with Gasteiger partial charge in [-0.05, 0) is 42.6 Å². The molecule has 1 saturated heterocycles. The Bertz CT molecular complexity index is 817. The summed E-state index contributed by atoms with van der Waals surface area (Å²) in [5, 5.41) is 4.26. The van der Waals surface area contributed by atoms with Gasteiger partial charge in [0.05, 0.1) is 0 Å². The lowest BCUT2D eigenvalue weighted by Crippen LogP contribution is -2.52. The summed E-state index contributed by atoms with van der Waals surface area (Å²) in [6, 6.07) is 16.1. The largest absolute Gasteiger partial charge is 0.362 e. The van der Waals surface area contributed by atoms with Crippen molar-refractivity contribution in [1.29, 1.82) is 0 Å². The van der Waals surface area contributed by atoms with E-state index in [1.165, 1.54) is 11.3 Å². The topological polar surface area (TPSA) is 37.3 Å². The summed E-state index contributed by atoms with van der Waals surface area (Å²) < 4.78 is 1.96. The van der Waals surface area contributed by atoms with Crippen molar-refractivity contribution in [2.75, 3.05) is 19.6 Å². The van der Waals surface area contributed by atoms with Crippen molar-refractivity contribution in [3.8, 4) is 0 Å². The predicted octanol–water partition coefficient (Wildman–Crippen LogP) is 2.38. The first-order valence-corrected chi connectivity index (χ1v) is 9.38. The summed E-state index contributed by atoms with van der Waals surface area (Å²) in [6.07, 6.45) is 2.13. The van der Waals surface area contributed by atoms with E-state index in [-0.39, 0.29) is 5.56 Å². The van der Waals surface area contributed by atoms with Crippen LogP contribution in [0.1, 0.15) is 23.6 Å². The third kappa shape index (κ3) is 3.47. The molecule has 4 nitrogen and oxygen atoms in total. The normalized spacial score (nSPS) is 21.5. The third-order valence-corrected chi connectivity index (χ3v) is 5.70. The third-order valence-electron chi connectivity index (χ3n) is 5.30. The lowest BCUT2D eigenvalue weighted by molar-refractivity contribution is 0.177. The summed E-state index contributed by atoms with van der Waals surface area (Å²) >= 11 is 5.64. The molecule has 1 N–H and O–H groups in total. The molecule has 0 aliphatic carbocycles. The van der Waals surface area contributed by atoms with E-state index in [2.05, 4.69) is 40.5 Å². The van der Waals surface area contributed by atoms with E-state index in [0.29, 0.717) is 11.8 Å². The van der Waals surface area contributed by atoms with Crippen LogP contribution in [0.15, 0.2) is 53.3 Å². The van der Waals surface area contributed by atoms with Crippen molar-refractivity contribution in [2.45, 2.75) is 25.3 Å². The molecule has 1 fully saturated rings. The first-order chi connectivity index (χ1) is 12.2. The number of hydrogen-bond donors (Lipinski definition) is 1. The van der Waals surface area contributed by atoms with Crippen molar-refractivity contribution in [2.24, 2.45) is 5.92 Å². The minimum Gasteiger partial charge on any atom is -0.362 e. The summed E-state index contributed by atoms with van der Waals surface area (Å²) in [5.74, 6) is 0.899. The SMILES string of the molecule is O=c1cccc2n1C[C@@H]1C[C@H]2CN(C(=S)NCCc2ccccc2)C1. The van der Waals surface area contributed by atoms with E-state index in [4.69, 9.17) is 12.2 Å². The smallest absolute Gasteiger partial charge is 0.250 e. The molecule has 2 aromatic rings. The lowest BCUT2D eigenvalue weighted by atomic mass is 9.83. The van der Waals surface area contributed by atoms with E-state index in [1.807, 2.05) is 16.7 Å². The Morgan fingerprint density at radius 3 is 2.76 bits per heavy atom. The average Bonchev–Trinajstić information content (AvgIpc) is 2.63. The number of nitrogens with one attached hydrogen (secondary N) is 1. The zero-order chi connectivity index (χ0) is 17.2. The van der Waals surface area contributed by atoms with Crippen molar-refractivity contribution < 1.29 is 0 Å². The van der Waals surface area contributed by atoms with Gasteiger partial charge in [-0.3, -0.25) is 4.79 Å². The maximum atomic E-state index is 12.1. The Kier molecular flexibility index (Phi) is 4.57. The Morgan fingerprint density at radius 2 is 1.92 bits per heavy atom. The van der Waals surface area contributed by atoms with E-state index in [1.54, 1.807) is 6.07 Å². The fourth-order valence-electron chi connectivity index (χ4n) is 4.13. The Balaban J connectivity index is 1.38.